The third-order valence-corrected chi connectivity index (χ3v) is 10.5. The molecule has 1 unspecified atom stereocenters. The molecule has 2 rings (SSSR count). The average molecular weight is 619 g/mol. The third-order valence-electron chi connectivity index (χ3n) is 8.67. The van der Waals surface area contributed by atoms with Crippen molar-refractivity contribution in [1.82, 2.24) is 20.3 Å². The summed E-state index contributed by atoms with van der Waals surface area (Å²) in [4.78, 5) is 42.3. The number of rotatable bonds is 12. The molecule has 0 heterocycles. The van der Waals surface area contributed by atoms with Gasteiger partial charge in [-0.05, 0) is 43.7 Å². The minimum Gasteiger partial charge on any atom is -0.342 e. The highest BCUT2D eigenvalue weighted by Gasteiger charge is 2.41. The van der Waals surface area contributed by atoms with Crippen LogP contribution in [-0.2, 0) is 29.8 Å². The van der Waals surface area contributed by atoms with Crippen LogP contribution in [0.1, 0.15) is 93.1 Å². The molecule has 242 valence electrons. The Labute approximate surface area is 259 Å². The SMILES string of the molecule is CN[C@H](C(=O)NC(C(=O)N(C)[C@H](/C=C(\C)C(=O)NS(=O)(=O)C1CCCCC1)C(C)C)C(C)(C)C)C(C)(C)c1ccccc1. The average Bonchev–Trinajstić information content (AvgIpc) is 2.93. The van der Waals surface area contributed by atoms with Crippen LogP contribution in [0.3, 0.4) is 0 Å². The van der Waals surface area contributed by atoms with E-state index in [1.165, 1.54) is 0 Å². The summed E-state index contributed by atoms with van der Waals surface area (Å²) in [6.45, 7) is 15.1. The number of carbonyl (C=O) groups excluding carboxylic acids is 3. The highest BCUT2D eigenvalue weighted by Crippen LogP contribution is 2.29. The van der Waals surface area contributed by atoms with E-state index in [4.69, 9.17) is 0 Å². The molecule has 0 aromatic heterocycles. The van der Waals surface area contributed by atoms with Gasteiger partial charge in [0.1, 0.15) is 6.04 Å². The van der Waals surface area contributed by atoms with E-state index < -0.39 is 50.1 Å². The second-order valence-corrected chi connectivity index (χ2v) is 15.8. The minimum atomic E-state index is -3.78. The van der Waals surface area contributed by atoms with E-state index >= 15 is 0 Å². The fourth-order valence-corrected chi connectivity index (χ4v) is 7.37. The summed E-state index contributed by atoms with van der Waals surface area (Å²) in [5, 5.41) is 5.61. The first kappa shape index (κ1) is 36.5. The molecule has 1 aliphatic carbocycles. The fourth-order valence-electron chi connectivity index (χ4n) is 5.83. The van der Waals surface area contributed by atoms with Gasteiger partial charge in [-0.15, -0.1) is 0 Å². The van der Waals surface area contributed by atoms with Gasteiger partial charge in [0, 0.05) is 18.0 Å². The first-order valence-electron chi connectivity index (χ1n) is 15.4. The molecule has 3 amide bonds. The van der Waals surface area contributed by atoms with E-state index in [1.807, 2.05) is 78.8 Å². The first-order chi connectivity index (χ1) is 19.8. The largest absolute Gasteiger partial charge is 0.342 e. The Morgan fingerprint density at radius 2 is 1.51 bits per heavy atom. The van der Waals surface area contributed by atoms with Crippen LogP contribution < -0.4 is 15.4 Å². The molecule has 1 aromatic carbocycles. The van der Waals surface area contributed by atoms with Gasteiger partial charge in [-0.25, -0.2) is 13.1 Å². The maximum atomic E-state index is 14.1. The summed E-state index contributed by atoms with van der Waals surface area (Å²) < 4.78 is 27.9. The van der Waals surface area contributed by atoms with E-state index in [-0.39, 0.29) is 23.3 Å². The maximum Gasteiger partial charge on any atom is 0.260 e. The zero-order valence-electron chi connectivity index (χ0n) is 27.8. The summed E-state index contributed by atoms with van der Waals surface area (Å²) in [7, 11) is -0.396. The molecule has 0 aliphatic heterocycles. The van der Waals surface area contributed by atoms with Crippen molar-refractivity contribution < 1.29 is 22.8 Å². The number of carbonyl (C=O) groups is 3. The summed E-state index contributed by atoms with van der Waals surface area (Å²) >= 11 is 0. The van der Waals surface area contributed by atoms with Gasteiger partial charge in [-0.2, -0.15) is 0 Å². The molecule has 0 radical (unpaired) electrons. The van der Waals surface area contributed by atoms with Crippen molar-refractivity contribution >= 4 is 27.7 Å². The van der Waals surface area contributed by atoms with Crippen molar-refractivity contribution in [3.05, 3.63) is 47.5 Å². The number of amides is 3. The monoisotopic (exact) mass is 618 g/mol. The number of sulfonamides is 1. The number of nitrogens with zero attached hydrogens (tertiary/aromatic N) is 1. The molecule has 1 aromatic rings. The first-order valence-corrected chi connectivity index (χ1v) is 16.9. The van der Waals surface area contributed by atoms with Crippen LogP contribution in [0.25, 0.3) is 0 Å². The second kappa shape index (κ2) is 14.8. The van der Waals surface area contributed by atoms with Gasteiger partial charge in [0.2, 0.25) is 21.8 Å². The van der Waals surface area contributed by atoms with Gasteiger partial charge in [-0.1, -0.05) is 104 Å². The topological polar surface area (TPSA) is 125 Å². The Morgan fingerprint density at radius 3 is 2.00 bits per heavy atom. The summed E-state index contributed by atoms with van der Waals surface area (Å²) in [5.74, 6) is -1.37. The lowest BCUT2D eigenvalue weighted by Gasteiger charge is -2.40. The van der Waals surface area contributed by atoms with E-state index in [0.717, 1.165) is 24.8 Å². The molecule has 1 saturated carbocycles. The number of hydrogen-bond donors (Lipinski definition) is 3. The fraction of sp³-hybridized carbons (Fsp3) is 0.667. The van der Waals surface area contributed by atoms with Gasteiger partial charge >= 0.3 is 0 Å². The third kappa shape index (κ3) is 9.38. The summed E-state index contributed by atoms with van der Waals surface area (Å²) in [6.07, 6.45) is 5.42. The zero-order chi connectivity index (χ0) is 32.8. The van der Waals surface area contributed by atoms with Crippen LogP contribution in [0.5, 0.6) is 0 Å². The van der Waals surface area contributed by atoms with Crippen molar-refractivity contribution in [2.45, 2.75) is 116 Å². The molecule has 0 saturated heterocycles. The van der Waals surface area contributed by atoms with Crippen molar-refractivity contribution in [1.29, 1.82) is 0 Å². The van der Waals surface area contributed by atoms with Crippen LogP contribution in [0.4, 0.5) is 0 Å². The highest BCUT2D eigenvalue weighted by molar-refractivity contribution is 7.90. The van der Waals surface area contributed by atoms with Crippen LogP contribution in [0.2, 0.25) is 0 Å². The van der Waals surface area contributed by atoms with Gasteiger partial charge in [0.15, 0.2) is 0 Å². The van der Waals surface area contributed by atoms with E-state index in [9.17, 15) is 22.8 Å². The molecule has 0 bridgehead atoms. The predicted molar refractivity (Wildman–Crippen MR) is 173 cm³/mol. The van der Waals surface area contributed by atoms with Gasteiger partial charge in [0.05, 0.1) is 17.3 Å². The summed E-state index contributed by atoms with van der Waals surface area (Å²) in [5.41, 5.74) is 0.0175. The maximum absolute atomic E-state index is 14.1. The van der Waals surface area contributed by atoms with E-state index in [2.05, 4.69) is 15.4 Å². The van der Waals surface area contributed by atoms with Gasteiger partial charge in [0.25, 0.3) is 5.91 Å². The van der Waals surface area contributed by atoms with Crippen LogP contribution in [0, 0.1) is 11.3 Å². The van der Waals surface area contributed by atoms with E-state index in [1.54, 1.807) is 32.0 Å². The Hall–Kier alpha value is -2.72. The standard InChI is InChI=1S/C33H54N4O5S/c1-22(2)26(21-23(3)29(38)36-43(41,42)25-19-15-12-16-20-25)37(10)31(40)28(32(4,5)6)35-30(39)27(34-9)33(7,8)24-17-13-11-14-18-24/h11,13-14,17-18,21-22,25-28,34H,12,15-16,19-20H2,1-10H3,(H,35,39)(H,36,38)/b23-21+/t26-,27-,28?/m1/s1. The molecule has 1 aliphatic rings. The number of nitrogens with one attached hydrogen (secondary N) is 3. The predicted octanol–water partition coefficient (Wildman–Crippen LogP) is 4.29. The van der Waals surface area contributed by atoms with Gasteiger partial charge in [-0.3, -0.25) is 14.4 Å². The molecule has 3 atom stereocenters. The van der Waals surface area contributed by atoms with E-state index in [0.29, 0.717) is 12.8 Å². The van der Waals surface area contributed by atoms with Crippen molar-refractivity contribution in [3.8, 4) is 0 Å². The highest BCUT2D eigenvalue weighted by atomic mass is 32.2. The van der Waals surface area contributed by atoms with Crippen molar-refractivity contribution in [2.24, 2.45) is 11.3 Å². The zero-order valence-corrected chi connectivity index (χ0v) is 28.6. The van der Waals surface area contributed by atoms with Crippen molar-refractivity contribution in [2.75, 3.05) is 14.1 Å². The van der Waals surface area contributed by atoms with Crippen LogP contribution in [0.15, 0.2) is 42.0 Å². The molecule has 43 heavy (non-hydrogen) atoms. The molecule has 1 fully saturated rings. The lowest BCUT2D eigenvalue weighted by atomic mass is 9.76. The normalized spacial score (nSPS) is 17.6. The molecular weight excluding hydrogens is 564 g/mol. The number of likely N-dealkylation sites (N-methyl/N-ethyl adjacent to an activating group) is 2. The van der Waals surface area contributed by atoms with Crippen LogP contribution in [-0.4, -0.2) is 68.5 Å². The lowest BCUT2D eigenvalue weighted by Crippen LogP contribution is -2.61. The minimum absolute atomic E-state index is 0.0926. The van der Waals surface area contributed by atoms with Crippen LogP contribution >= 0.6 is 0 Å². The molecule has 3 N–H and O–H groups in total. The number of hydrogen-bond acceptors (Lipinski definition) is 6. The summed E-state index contributed by atoms with van der Waals surface area (Å²) in [6, 6.07) is 7.78. The second-order valence-electron chi connectivity index (χ2n) is 13.9. The molecule has 9 nitrogen and oxygen atoms in total. The Kier molecular flexibility index (Phi) is 12.6. The molecular formula is C33H54N4O5S. The Balaban J connectivity index is 2.29. The number of benzene rings is 1. The van der Waals surface area contributed by atoms with Crippen molar-refractivity contribution in [3.63, 3.8) is 0 Å². The smallest absolute Gasteiger partial charge is 0.260 e. The Bertz CT molecular complexity index is 1250. The van der Waals surface area contributed by atoms with Gasteiger partial charge < -0.3 is 15.5 Å². The quantitative estimate of drug-likeness (QED) is 0.300. The lowest BCUT2D eigenvalue weighted by molar-refractivity contribution is -0.140. The molecule has 0 spiro atoms. The molecule has 10 heteroatoms. The Morgan fingerprint density at radius 1 is 0.953 bits per heavy atom.